The summed E-state index contributed by atoms with van der Waals surface area (Å²) < 4.78 is 24.2. The van der Waals surface area contributed by atoms with E-state index < -0.39 is 16.0 Å². The second-order valence-corrected chi connectivity index (χ2v) is 7.64. The first-order chi connectivity index (χ1) is 9.70. The lowest BCUT2D eigenvalue weighted by molar-refractivity contribution is 0.0687. The monoisotopic (exact) mass is 333 g/mol. The molecule has 1 N–H and O–H groups in total. The topological polar surface area (TPSA) is 108 Å². The molecular weight excluding hydrogens is 318 g/mol. The van der Waals surface area contributed by atoms with Crippen molar-refractivity contribution in [1.29, 1.82) is 0 Å². The van der Waals surface area contributed by atoms with Gasteiger partial charge in [0.2, 0.25) is 10.0 Å². The van der Waals surface area contributed by atoms with Crippen LogP contribution >= 0.6 is 11.3 Å². The molecule has 8 nitrogen and oxygen atoms in total. The molecule has 0 unspecified atom stereocenters. The largest absolute Gasteiger partial charge is 0.476 e. The zero-order valence-electron chi connectivity index (χ0n) is 11.6. The number of nitrogens with zero attached hydrogens (tertiary/aromatic N) is 3. The van der Waals surface area contributed by atoms with Gasteiger partial charge in [0.15, 0.2) is 16.6 Å². The third-order valence-corrected chi connectivity index (χ3v) is 5.64. The number of carbonyl (C=O) groups is 2. The highest BCUT2D eigenvalue weighted by molar-refractivity contribution is 7.88. The fraction of sp³-hybridized carbons (Fsp3) is 0.545. The SMILES string of the molecule is CC(=O)c1sc(N2CCN(S(C)(=O)=O)CC2)nc1C(=O)O. The number of thiazole rings is 1. The molecule has 10 heteroatoms. The van der Waals surface area contributed by atoms with Gasteiger partial charge in [0.05, 0.1) is 6.26 Å². The summed E-state index contributed by atoms with van der Waals surface area (Å²) in [5.41, 5.74) is -0.243. The van der Waals surface area contributed by atoms with Crippen molar-refractivity contribution in [3.63, 3.8) is 0 Å². The molecule has 21 heavy (non-hydrogen) atoms. The van der Waals surface area contributed by atoms with Crippen LogP contribution in [0.5, 0.6) is 0 Å². The molecule has 0 aromatic carbocycles. The Kier molecular flexibility index (Phi) is 4.30. The minimum Gasteiger partial charge on any atom is -0.476 e. The number of carboxylic acid groups (broad SMARTS) is 1. The number of piperazine rings is 1. The molecule has 2 rings (SSSR count). The van der Waals surface area contributed by atoms with Gasteiger partial charge in [0.1, 0.15) is 4.88 Å². The summed E-state index contributed by atoms with van der Waals surface area (Å²) in [7, 11) is -3.22. The van der Waals surface area contributed by atoms with E-state index in [1.807, 2.05) is 0 Å². The van der Waals surface area contributed by atoms with Crippen molar-refractivity contribution in [1.82, 2.24) is 9.29 Å². The molecule has 0 bridgehead atoms. The highest BCUT2D eigenvalue weighted by Crippen LogP contribution is 2.28. The first kappa shape index (κ1) is 15.9. The molecule has 1 aromatic heterocycles. The number of ketones is 1. The van der Waals surface area contributed by atoms with Gasteiger partial charge in [-0.05, 0) is 0 Å². The Hall–Kier alpha value is -1.52. The summed E-state index contributed by atoms with van der Waals surface area (Å²) >= 11 is 1.03. The van der Waals surface area contributed by atoms with E-state index in [-0.39, 0.29) is 16.4 Å². The van der Waals surface area contributed by atoms with Gasteiger partial charge in [0, 0.05) is 33.1 Å². The third-order valence-electron chi connectivity index (χ3n) is 3.12. The number of carbonyl (C=O) groups excluding carboxylic acids is 1. The van der Waals surface area contributed by atoms with Crippen LogP contribution < -0.4 is 4.90 Å². The highest BCUT2D eigenvalue weighted by atomic mass is 32.2. The van der Waals surface area contributed by atoms with E-state index in [2.05, 4.69) is 4.98 Å². The Bertz CT molecular complexity index is 643. The lowest BCUT2D eigenvalue weighted by atomic mass is 10.3. The van der Waals surface area contributed by atoms with Crippen molar-refractivity contribution < 1.29 is 23.1 Å². The van der Waals surface area contributed by atoms with Gasteiger partial charge in [0.25, 0.3) is 0 Å². The molecule has 0 saturated carbocycles. The molecule has 2 heterocycles. The van der Waals surface area contributed by atoms with E-state index in [1.54, 1.807) is 4.90 Å². The van der Waals surface area contributed by atoms with Crippen molar-refractivity contribution in [2.45, 2.75) is 6.92 Å². The highest BCUT2D eigenvalue weighted by Gasteiger charge is 2.27. The van der Waals surface area contributed by atoms with Gasteiger partial charge in [-0.1, -0.05) is 11.3 Å². The zero-order valence-corrected chi connectivity index (χ0v) is 13.2. The normalized spacial score (nSPS) is 17.0. The Morgan fingerprint density at radius 3 is 2.19 bits per heavy atom. The molecule has 0 atom stereocenters. The summed E-state index contributed by atoms with van der Waals surface area (Å²) in [6, 6.07) is 0. The predicted molar refractivity (Wildman–Crippen MR) is 77.7 cm³/mol. The Labute approximate surface area is 126 Å². The van der Waals surface area contributed by atoms with Crippen molar-refractivity contribution >= 4 is 38.2 Å². The molecule has 1 aromatic rings. The lowest BCUT2D eigenvalue weighted by Crippen LogP contribution is -2.48. The van der Waals surface area contributed by atoms with Crippen LogP contribution in [0.1, 0.15) is 27.1 Å². The molecular formula is C11H15N3O5S2. The summed E-state index contributed by atoms with van der Waals surface area (Å²) in [5.74, 6) is -1.58. The van der Waals surface area contributed by atoms with Crippen LogP contribution in [0.25, 0.3) is 0 Å². The first-order valence-electron chi connectivity index (χ1n) is 6.15. The molecule has 1 fully saturated rings. The van der Waals surface area contributed by atoms with E-state index in [9.17, 15) is 18.0 Å². The first-order valence-corrected chi connectivity index (χ1v) is 8.81. The van der Waals surface area contributed by atoms with E-state index in [4.69, 9.17) is 5.11 Å². The van der Waals surface area contributed by atoms with E-state index in [0.29, 0.717) is 31.3 Å². The molecule has 0 amide bonds. The van der Waals surface area contributed by atoms with E-state index in [1.165, 1.54) is 11.2 Å². The van der Waals surface area contributed by atoms with Gasteiger partial charge in [-0.25, -0.2) is 18.2 Å². The maximum absolute atomic E-state index is 11.5. The van der Waals surface area contributed by atoms with Crippen LogP contribution in [0.2, 0.25) is 0 Å². The number of Topliss-reactive ketones (excluding diaryl/α,β-unsaturated/α-hetero) is 1. The second-order valence-electron chi connectivity index (χ2n) is 4.68. The lowest BCUT2D eigenvalue weighted by Gasteiger charge is -2.32. The Balaban J connectivity index is 2.19. The van der Waals surface area contributed by atoms with Crippen LogP contribution in [-0.2, 0) is 10.0 Å². The molecule has 1 saturated heterocycles. The van der Waals surface area contributed by atoms with Gasteiger partial charge in [-0.2, -0.15) is 4.31 Å². The van der Waals surface area contributed by atoms with Crippen LogP contribution in [0.15, 0.2) is 0 Å². The van der Waals surface area contributed by atoms with Crippen molar-refractivity contribution in [2.75, 3.05) is 37.3 Å². The van der Waals surface area contributed by atoms with Crippen molar-refractivity contribution in [3.05, 3.63) is 10.6 Å². The molecule has 0 aliphatic carbocycles. The van der Waals surface area contributed by atoms with Crippen LogP contribution in [0, 0.1) is 0 Å². The summed E-state index contributed by atoms with van der Waals surface area (Å²) in [6.07, 6.45) is 1.16. The van der Waals surface area contributed by atoms with Crippen LogP contribution in [0.3, 0.4) is 0 Å². The number of sulfonamides is 1. The molecule has 0 radical (unpaired) electrons. The average Bonchev–Trinajstić information content (AvgIpc) is 2.83. The number of hydrogen-bond donors (Lipinski definition) is 1. The molecule has 1 aliphatic rings. The van der Waals surface area contributed by atoms with E-state index >= 15 is 0 Å². The maximum atomic E-state index is 11.5. The summed E-state index contributed by atoms with van der Waals surface area (Å²) in [4.78, 5) is 28.5. The smallest absolute Gasteiger partial charge is 0.356 e. The Morgan fingerprint density at radius 2 is 1.81 bits per heavy atom. The predicted octanol–water partition coefficient (Wildman–Crippen LogP) is 0.126. The second kappa shape index (κ2) is 5.70. The van der Waals surface area contributed by atoms with Crippen LogP contribution in [0.4, 0.5) is 5.13 Å². The minimum atomic E-state index is -3.22. The maximum Gasteiger partial charge on any atom is 0.356 e. The molecule has 1 aliphatic heterocycles. The number of aromatic carboxylic acids is 1. The molecule has 0 spiro atoms. The van der Waals surface area contributed by atoms with Crippen molar-refractivity contribution in [3.8, 4) is 0 Å². The minimum absolute atomic E-state index is 0.114. The van der Waals surface area contributed by atoms with Crippen molar-refractivity contribution in [2.24, 2.45) is 0 Å². The van der Waals surface area contributed by atoms with Gasteiger partial charge in [-0.15, -0.1) is 0 Å². The fourth-order valence-corrected chi connectivity index (χ4v) is 3.87. The van der Waals surface area contributed by atoms with E-state index in [0.717, 1.165) is 17.6 Å². The number of rotatable bonds is 4. The number of aromatic nitrogens is 1. The quantitative estimate of drug-likeness (QED) is 0.780. The van der Waals surface area contributed by atoms with Gasteiger partial charge >= 0.3 is 5.97 Å². The number of hydrogen-bond acceptors (Lipinski definition) is 7. The molecule has 116 valence electrons. The average molecular weight is 333 g/mol. The third kappa shape index (κ3) is 3.39. The summed E-state index contributed by atoms with van der Waals surface area (Å²) in [5, 5.41) is 9.50. The number of anilines is 1. The number of carboxylic acids is 1. The fourth-order valence-electron chi connectivity index (χ4n) is 2.04. The van der Waals surface area contributed by atoms with Gasteiger partial charge < -0.3 is 10.0 Å². The zero-order chi connectivity index (χ0) is 15.8. The van der Waals surface area contributed by atoms with Gasteiger partial charge in [-0.3, -0.25) is 4.79 Å². The summed E-state index contributed by atoms with van der Waals surface area (Å²) in [6.45, 7) is 2.76. The van der Waals surface area contributed by atoms with Crippen LogP contribution in [-0.4, -0.2) is 67.0 Å². The Morgan fingerprint density at radius 1 is 1.24 bits per heavy atom. The standard InChI is InChI=1S/C11H15N3O5S2/c1-7(15)9-8(10(16)17)12-11(20-9)13-3-5-14(6-4-13)21(2,18)19/h3-6H2,1-2H3,(H,16,17).